The summed E-state index contributed by atoms with van der Waals surface area (Å²) >= 11 is 0. The van der Waals surface area contributed by atoms with Crippen molar-refractivity contribution in [3.05, 3.63) is 71.8 Å². The third kappa shape index (κ3) is 2.15. The molecule has 0 saturated carbocycles. The summed E-state index contributed by atoms with van der Waals surface area (Å²) < 4.78 is 0. The zero-order valence-electron chi connectivity index (χ0n) is 12.3. The number of hydrogen-bond acceptors (Lipinski definition) is 2. The second-order valence-corrected chi connectivity index (χ2v) is 5.87. The molecule has 2 aromatic carbocycles. The van der Waals surface area contributed by atoms with E-state index in [2.05, 4.69) is 86.5 Å². The van der Waals surface area contributed by atoms with Crippen LogP contribution in [0.15, 0.2) is 60.7 Å². The SMILES string of the molecule is CC(C)[C@@H]1ON1C(C)(c1ccccc1)c1ccccc1. The third-order valence-electron chi connectivity index (χ3n) is 4.09. The average molecular weight is 267 g/mol. The fourth-order valence-corrected chi connectivity index (χ4v) is 2.79. The minimum absolute atomic E-state index is 0.195. The van der Waals surface area contributed by atoms with Crippen molar-refractivity contribution in [2.45, 2.75) is 32.5 Å². The highest BCUT2D eigenvalue weighted by Crippen LogP contribution is 2.46. The number of benzene rings is 2. The van der Waals surface area contributed by atoms with E-state index in [0.717, 1.165) is 0 Å². The lowest BCUT2D eigenvalue weighted by atomic mass is 9.84. The average Bonchev–Trinajstić information content (AvgIpc) is 3.29. The molecule has 1 fully saturated rings. The Hall–Kier alpha value is -1.64. The van der Waals surface area contributed by atoms with E-state index in [4.69, 9.17) is 4.84 Å². The smallest absolute Gasteiger partial charge is 0.158 e. The van der Waals surface area contributed by atoms with E-state index in [1.54, 1.807) is 0 Å². The molecule has 2 heteroatoms. The van der Waals surface area contributed by atoms with Crippen LogP contribution in [0.3, 0.4) is 0 Å². The van der Waals surface area contributed by atoms with E-state index < -0.39 is 0 Å². The Morgan fingerprint density at radius 2 is 1.35 bits per heavy atom. The van der Waals surface area contributed by atoms with Crippen LogP contribution in [0.25, 0.3) is 0 Å². The molecule has 0 spiro atoms. The molecule has 0 amide bonds. The Morgan fingerprint density at radius 3 is 1.70 bits per heavy atom. The highest BCUT2D eigenvalue weighted by atomic mass is 16.8. The molecule has 0 aromatic heterocycles. The summed E-state index contributed by atoms with van der Waals surface area (Å²) in [5, 5.41) is 2.13. The predicted octanol–water partition coefficient (Wildman–Crippen LogP) is 4.18. The Morgan fingerprint density at radius 1 is 0.900 bits per heavy atom. The molecule has 1 aliphatic heterocycles. The normalized spacial score (nSPS) is 22.0. The number of rotatable bonds is 4. The molecule has 1 saturated heterocycles. The first-order valence-corrected chi connectivity index (χ1v) is 7.21. The molecule has 2 nitrogen and oxygen atoms in total. The Kier molecular flexibility index (Phi) is 3.36. The van der Waals surface area contributed by atoms with E-state index >= 15 is 0 Å². The first kappa shape index (κ1) is 13.3. The van der Waals surface area contributed by atoms with E-state index in [0.29, 0.717) is 5.92 Å². The van der Waals surface area contributed by atoms with Crippen LogP contribution in [0.1, 0.15) is 31.9 Å². The van der Waals surface area contributed by atoms with Crippen LogP contribution in [0.2, 0.25) is 0 Å². The van der Waals surface area contributed by atoms with Gasteiger partial charge in [-0.1, -0.05) is 74.5 Å². The van der Waals surface area contributed by atoms with Gasteiger partial charge in [0.05, 0.1) is 5.54 Å². The van der Waals surface area contributed by atoms with Crippen molar-refractivity contribution in [1.82, 2.24) is 5.06 Å². The van der Waals surface area contributed by atoms with Crippen molar-refractivity contribution >= 4 is 0 Å². The molecular weight excluding hydrogens is 246 g/mol. The van der Waals surface area contributed by atoms with Gasteiger partial charge in [-0.2, -0.15) is 0 Å². The summed E-state index contributed by atoms with van der Waals surface area (Å²) in [5.41, 5.74) is 2.28. The first-order chi connectivity index (χ1) is 9.64. The molecule has 0 aliphatic carbocycles. The monoisotopic (exact) mass is 267 g/mol. The molecule has 0 N–H and O–H groups in total. The van der Waals surface area contributed by atoms with Crippen molar-refractivity contribution in [2.24, 2.45) is 5.92 Å². The maximum Gasteiger partial charge on any atom is 0.158 e. The second-order valence-electron chi connectivity index (χ2n) is 5.87. The van der Waals surface area contributed by atoms with Gasteiger partial charge in [0.25, 0.3) is 0 Å². The van der Waals surface area contributed by atoms with Gasteiger partial charge in [0, 0.05) is 0 Å². The van der Waals surface area contributed by atoms with Gasteiger partial charge in [0.1, 0.15) is 0 Å². The van der Waals surface area contributed by atoms with Crippen LogP contribution in [-0.2, 0) is 10.4 Å². The maximum atomic E-state index is 5.89. The molecule has 0 radical (unpaired) electrons. The third-order valence-corrected chi connectivity index (χ3v) is 4.09. The van der Waals surface area contributed by atoms with Crippen molar-refractivity contribution in [3.63, 3.8) is 0 Å². The van der Waals surface area contributed by atoms with E-state index in [1.165, 1.54) is 11.1 Å². The molecule has 2 aromatic rings. The summed E-state index contributed by atoms with van der Waals surface area (Å²) in [6.45, 7) is 6.63. The molecular formula is C18H21NO. The highest BCUT2D eigenvalue weighted by Gasteiger charge is 2.52. The first-order valence-electron chi connectivity index (χ1n) is 7.21. The van der Waals surface area contributed by atoms with Crippen LogP contribution >= 0.6 is 0 Å². The largest absolute Gasteiger partial charge is 0.274 e. The van der Waals surface area contributed by atoms with Crippen molar-refractivity contribution in [3.8, 4) is 0 Å². The highest BCUT2D eigenvalue weighted by molar-refractivity contribution is 5.37. The van der Waals surface area contributed by atoms with E-state index in [9.17, 15) is 0 Å². The standard InChI is InChI=1S/C18H21NO/c1-14(2)17-19(20-17)18(3,15-10-6-4-7-11-15)16-12-8-5-9-13-16/h4-14,17H,1-3H3/t17-,19?/m0/s1. The van der Waals surface area contributed by atoms with Gasteiger partial charge < -0.3 is 0 Å². The van der Waals surface area contributed by atoms with Crippen LogP contribution in [0.4, 0.5) is 0 Å². The fraction of sp³-hybridized carbons (Fsp3) is 0.333. The molecule has 2 atom stereocenters. The minimum Gasteiger partial charge on any atom is -0.274 e. The van der Waals surface area contributed by atoms with Gasteiger partial charge in [-0.25, -0.2) is 0 Å². The van der Waals surface area contributed by atoms with Crippen LogP contribution in [-0.4, -0.2) is 11.3 Å². The van der Waals surface area contributed by atoms with Crippen LogP contribution in [0, 0.1) is 5.92 Å². The van der Waals surface area contributed by atoms with Gasteiger partial charge >= 0.3 is 0 Å². The van der Waals surface area contributed by atoms with Gasteiger partial charge in [0.2, 0.25) is 0 Å². The Bertz CT molecular complexity index is 525. The Balaban J connectivity index is 2.05. The topological polar surface area (TPSA) is 15.5 Å². The summed E-state index contributed by atoms with van der Waals surface area (Å²) in [7, 11) is 0. The van der Waals surface area contributed by atoms with Gasteiger partial charge in [-0.05, 0) is 24.0 Å². The molecule has 0 bridgehead atoms. The molecule has 1 unspecified atom stereocenters. The molecule has 1 aliphatic rings. The Labute approximate surface area is 120 Å². The summed E-state index contributed by atoms with van der Waals surface area (Å²) in [5.74, 6) is 0.488. The van der Waals surface area contributed by atoms with Crippen molar-refractivity contribution in [2.75, 3.05) is 0 Å². The minimum atomic E-state index is -0.239. The van der Waals surface area contributed by atoms with Gasteiger partial charge in [-0.3, -0.25) is 4.84 Å². The lowest BCUT2D eigenvalue weighted by Gasteiger charge is -2.30. The van der Waals surface area contributed by atoms with Crippen LogP contribution < -0.4 is 0 Å². The van der Waals surface area contributed by atoms with Crippen molar-refractivity contribution < 1.29 is 4.84 Å². The lowest BCUT2D eigenvalue weighted by molar-refractivity contribution is 0.101. The number of hydroxylamine groups is 2. The number of nitrogens with zero attached hydrogens (tertiary/aromatic N) is 1. The molecule has 20 heavy (non-hydrogen) atoms. The summed E-state index contributed by atoms with van der Waals surface area (Å²) in [6, 6.07) is 21.1. The fourth-order valence-electron chi connectivity index (χ4n) is 2.79. The van der Waals surface area contributed by atoms with Gasteiger partial charge in [-0.15, -0.1) is 5.06 Å². The van der Waals surface area contributed by atoms with E-state index in [1.807, 2.05) is 0 Å². The summed E-state index contributed by atoms with van der Waals surface area (Å²) in [4.78, 5) is 5.89. The number of hydrogen-bond donors (Lipinski definition) is 0. The molecule has 3 rings (SSSR count). The quantitative estimate of drug-likeness (QED) is 0.772. The zero-order chi connectivity index (χ0) is 14.2. The molecule has 1 heterocycles. The molecule has 104 valence electrons. The van der Waals surface area contributed by atoms with E-state index in [-0.39, 0.29) is 11.8 Å². The predicted molar refractivity (Wildman–Crippen MR) is 80.9 cm³/mol. The maximum absolute atomic E-state index is 5.89. The van der Waals surface area contributed by atoms with Gasteiger partial charge in [0.15, 0.2) is 6.23 Å². The zero-order valence-corrected chi connectivity index (χ0v) is 12.3. The van der Waals surface area contributed by atoms with Crippen molar-refractivity contribution in [1.29, 1.82) is 0 Å². The second kappa shape index (κ2) is 5.04. The summed E-state index contributed by atoms with van der Waals surface area (Å²) in [6.07, 6.45) is 0.195. The lowest BCUT2D eigenvalue weighted by Crippen LogP contribution is -2.34. The van der Waals surface area contributed by atoms with Crippen LogP contribution in [0.5, 0.6) is 0 Å².